The highest BCUT2D eigenvalue weighted by molar-refractivity contribution is 5.94. The van der Waals surface area contributed by atoms with Gasteiger partial charge in [0.05, 0.1) is 11.8 Å². The zero-order chi connectivity index (χ0) is 20.2. The van der Waals surface area contributed by atoms with Crippen molar-refractivity contribution in [2.75, 3.05) is 63.8 Å². The fourth-order valence-corrected chi connectivity index (χ4v) is 3.71. The number of furan rings is 1. The molecule has 4 heterocycles. The van der Waals surface area contributed by atoms with Gasteiger partial charge in [-0.1, -0.05) is 6.92 Å². The summed E-state index contributed by atoms with van der Waals surface area (Å²) in [4.78, 5) is 41.9. The second-order valence-corrected chi connectivity index (χ2v) is 7.25. The molecule has 2 aromatic rings. The zero-order valence-electron chi connectivity index (χ0n) is 16.7. The minimum atomic E-state index is -0.141. The number of hydrogen-bond acceptors (Lipinski definition) is 7. The Morgan fingerprint density at radius 2 is 1.55 bits per heavy atom. The maximum Gasteiger partial charge on any atom is 0.289 e. The monoisotopic (exact) mass is 398 g/mol. The van der Waals surface area contributed by atoms with E-state index in [0.717, 1.165) is 32.7 Å². The van der Waals surface area contributed by atoms with Crippen molar-refractivity contribution in [1.82, 2.24) is 24.7 Å². The maximum atomic E-state index is 12.8. The molecule has 154 valence electrons. The SMILES string of the molecule is CCN1CCN(c2ncc(C(=O)N3CCN(C(=O)c4ccco4)CC3)cn2)CC1. The Morgan fingerprint density at radius 1 is 0.931 bits per heavy atom. The average molecular weight is 398 g/mol. The van der Waals surface area contributed by atoms with Crippen LogP contribution < -0.4 is 4.90 Å². The zero-order valence-corrected chi connectivity index (χ0v) is 16.7. The van der Waals surface area contributed by atoms with Crippen molar-refractivity contribution in [3.63, 3.8) is 0 Å². The number of rotatable bonds is 4. The minimum absolute atomic E-state index is 0.0996. The number of carbonyl (C=O) groups excluding carboxylic acids is 2. The number of nitrogens with zero attached hydrogens (tertiary/aromatic N) is 6. The van der Waals surface area contributed by atoms with Gasteiger partial charge in [-0.15, -0.1) is 0 Å². The first-order valence-corrected chi connectivity index (χ1v) is 10.1. The average Bonchev–Trinajstić information content (AvgIpc) is 3.33. The highest BCUT2D eigenvalue weighted by atomic mass is 16.3. The molecular weight excluding hydrogens is 372 g/mol. The fourth-order valence-electron chi connectivity index (χ4n) is 3.71. The molecular formula is C20H26N6O3. The van der Waals surface area contributed by atoms with Crippen LogP contribution in [0.3, 0.4) is 0 Å². The summed E-state index contributed by atoms with van der Waals surface area (Å²) in [6.07, 6.45) is 4.70. The van der Waals surface area contributed by atoms with E-state index in [2.05, 4.69) is 26.7 Å². The molecule has 9 heteroatoms. The summed E-state index contributed by atoms with van der Waals surface area (Å²) >= 11 is 0. The number of anilines is 1. The van der Waals surface area contributed by atoms with Gasteiger partial charge in [0.25, 0.3) is 11.8 Å². The Morgan fingerprint density at radius 3 is 2.10 bits per heavy atom. The lowest BCUT2D eigenvalue weighted by molar-refractivity contribution is 0.0517. The Kier molecular flexibility index (Phi) is 5.75. The van der Waals surface area contributed by atoms with Gasteiger partial charge in [0.15, 0.2) is 5.76 Å². The standard InChI is InChI=1S/C20H26N6O3/c1-2-23-5-7-26(8-6-23)20-21-14-16(15-22-20)18(27)24-9-11-25(12-10-24)19(28)17-4-3-13-29-17/h3-4,13-15H,2,5-12H2,1H3. The van der Waals surface area contributed by atoms with Gasteiger partial charge in [0, 0.05) is 64.8 Å². The largest absolute Gasteiger partial charge is 0.459 e. The molecule has 2 saturated heterocycles. The molecule has 2 aliphatic rings. The van der Waals surface area contributed by atoms with Crippen LogP contribution in [0, 0.1) is 0 Å². The second-order valence-electron chi connectivity index (χ2n) is 7.25. The summed E-state index contributed by atoms with van der Waals surface area (Å²) < 4.78 is 5.17. The van der Waals surface area contributed by atoms with Crippen molar-refractivity contribution in [3.8, 4) is 0 Å². The van der Waals surface area contributed by atoms with Crippen LogP contribution in [0.4, 0.5) is 5.95 Å². The minimum Gasteiger partial charge on any atom is -0.459 e. The molecule has 2 aliphatic heterocycles. The highest BCUT2D eigenvalue weighted by Crippen LogP contribution is 2.14. The Balaban J connectivity index is 1.31. The molecule has 0 N–H and O–H groups in total. The molecule has 0 aliphatic carbocycles. The number of hydrogen-bond donors (Lipinski definition) is 0. The van der Waals surface area contributed by atoms with Crippen LogP contribution in [0.1, 0.15) is 27.8 Å². The third kappa shape index (κ3) is 4.24. The Bertz CT molecular complexity index is 822. The fraction of sp³-hybridized carbons (Fsp3) is 0.500. The molecule has 0 spiro atoms. The van der Waals surface area contributed by atoms with Crippen LogP contribution in [0.25, 0.3) is 0 Å². The summed E-state index contributed by atoms with van der Waals surface area (Å²) in [6, 6.07) is 3.35. The number of aromatic nitrogens is 2. The molecule has 29 heavy (non-hydrogen) atoms. The van der Waals surface area contributed by atoms with Gasteiger partial charge in [0.2, 0.25) is 5.95 Å². The van der Waals surface area contributed by atoms with Crippen LogP contribution in [0.15, 0.2) is 35.2 Å². The van der Waals surface area contributed by atoms with E-state index in [1.54, 1.807) is 34.3 Å². The number of carbonyl (C=O) groups is 2. The van der Waals surface area contributed by atoms with Crippen molar-refractivity contribution < 1.29 is 14.0 Å². The molecule has 2 aromatic heterocycles. The molecule has 2 amide bonds. The van der Waals surface area contributed by atoms with E-state index >= 15 is 0 Å². The van der Waals surface area contributed by atoms with Gasteiger partial charge in [-0.05, 0) is 18.7 Å². The molecule has 0 unspecified atom stereocenters. The molecule has 0 bridgehead atoms. The smallest absolute Gasteiger partial charge is 0.289 e. The summed E-state index contributed by atoms with van der Waals surface area (Å²) in [5, 5.41) is 0. The van der Waals surface area contributed by atoms with Crippen molar-refractivity contribution in [3.05, 3.63) is 42.1 Å². The van der Waals surface area contributed by atoms with Crippen LogP contribution in [-0.2, 0) is 0 Å². The lowest BCUT2D eigenvalue weighted by Crippen LogP contribution is -2.50. The first-order chi connectivity index (χ1) is 14.2. The van der Waals surface area contributed by atoms with Gasteiger partial charge in [-0.25, -0.2) is 9.97 Å². The first kappa shape index (κ1) is 19.4. The van der Waals surface area contributed by atoms with E-state index in [1.165, 1.54) is 6.26 Å². The van der Waals surface area contributed by atoms with Crippen LogP contribution >= 0.6 is 0 Å². The molecule has 0 radical (unpaired) electrons. The molecule has 2 fully saturated rings. The van der Waals surface area contributed by atoms with E-state index in [0.29, 0.717) is 43.5 Å². The van der Waals surface area contributed by atoms with Gasteiger partial charge in [-0.3, -0.25) is 9.59 Å². The van der Waals surface area contributed by atoms with Crippen LogP contribution in [0.5, 0.6) is 0 Å². The Labute approximate surface area is 169 Å². The first-order valence-electron chi connectivity index (χ1n) is 10.1. The summed E-state index contributed by atoms with van der Waals surface area (Å²) in [5.74, 6) is 0.759. The van der Waals surface area contributed by atoms with Crippen molar-refractivity contribution in [1.29, 1.82) is 0 Å². The summed E-state index contributed by atoms with van der Waals surface area (Å²) in [7, 11) is 0. The molecule has 0 aromatic carbocycles. The predicted molar refractivity (Wildman–Crippen MR) is 107 cm³/mol. The van der Waals surface area contributed by atoms with E-state index in [9.17, 15) is 9.59 Å². The number of likely N-dealkylation sites (N-methyl/N-ethyl adjacent to an activating group) is 1. The van der Waals surface area contributed by atoms with Crippen molar-refractivity contribution in [2.24, 2.45) is 0 Å². The molecule has 9 nitrogen and oxygen atoms in total. The van der Waals surface area contributed by atoms with Gasteiger partial charge in [-0.2, -0.15) is 0 Å². The maximum absolute atomic E-state index is 12.8. The number of piperazine rings is 2. The second kappa shape index (κ2) is 8.60. The van der Waals surface area contributed by atoms with Gasteiger partial charge < -0.3 is 24.0 Å². The predicted octanol–water partition coefficient (Wildman–Crippen LogP) is 0.810. The van der Waals surface area contributed by atoms with Gasteiger partial charge >= 0.3 is 0 Å². The molecule has 0 atom stereocenters. The Hall–Kier alpha value is -2.94. The van der Waals surface area contributed by atoms with Crippen molar-refractivity contribution in [2.45, 2.75) is 6.92 Å². The van der Waals surface area contributed by atoms with E-state index in [4.69, 9.17) is 4.42 Å². The summed E-state index contributed by atoms with van der Waals surface area (Å²) in [5.41, 5.74) is 0.478. The number of amides is 2. The van der Waals surface area contributed by atoms with E-state index < -0.39 is 0 Å². The quantitative estimate of drug-likeness (QED) is 0.753. The molecule has 0 saturated carbocycles. The van der Waals surface area contributed by atoms with Gasteiger partial charge in [0.1, 0.15) is 0 Å². The summed E-state index contributed by atoms with van der Waals surface area (Å²) in [6.45, 7) is 8.93. The van der Waals surface area contributed by atoms with Crippen molar-refractivity contribution >= 4 is 17.8 Å². The van der Waals surface area contributed by atoms with E-state index in [-0.39, 0.29) is 11.8 Å². The normalized spacial score (nSPS) is 18.2. The molecule has 4 rings (SSSR count). The third-order valence-electron chi connectivity index (χ3n) is 5.57. The van der Waals surface area contributed by atoms with Crippen LogP contribution in [0.2, 0.25) is 0 Å². The lowest BCUT2D eigenvalue weighted by atomic mass is 10.2. The van der Waals surface area contributed by atoms with Crippen LogP contribution in [-0.4, -0.2) is 95.4 Å². The third-order valence-corrected chi connectivity index (χ3v) is 5.57. The topological polar surface area (TPSA) is 86.0 Å². The van der Waals surface area contributed by atoms with E-state index in [1.807, 2.05) is 0 Å². The lowest BCUT2D eigenvalue weighted by Gasteiger charge is -2.35. The highest BCUT2D eigenvalue weighted by Gasteiger charge is 2.27.